The predicted molar refractivity (Wildman–Crippen MR) is 85.6 cm³/mol. The quantitative estimate of drug-likeness (QED) is 0.942. The molecule has 1 aliphatic heterocycles. The van der Waals surface area contributed by atoms with Crippen LogP contribution in [0.3, 0.4) is 0 Å². The Hall–Kier alpha value is -1.76. The molecule has 5 nitrogen and oxygen atoms in total. The summed E-state index contributed by atoms with van der Waals surface area (Å²) >= 11 is 1.42. The number of hydrogen-bond acceptors (Lipinski definition) is 5. The molecule has 3 rings (SSSR count). The number of carbonyl (C=O) groups excluding carboxylic acids is 1. The average Bonchev–Trinajstić information content (AvgIpc) is 3.04. The van der Waals surface area contributed by atoms with Crippen LogP contribution in [-0.2, 0) is 11.3 Å². The van der Waals surface area contributed by atoms with Gasteiger partial charge in [0, 0.05) is 18.5 Å². The van der Waals surface area contributed by atoms with Crippen LogP contribution in [-0.4, -0.2) is 35.0 Å². The van der Waals surface area contributed by atoms with E-state index in [-0.39, 0.29) is 18.1 Å². The molecule has 0 radical (unpaired) electrons. The monoisotopic (exact) mass is 317 g/mol. The van der Waals surface area contributed by atoms with Crippen LogP contribution in [0.15, 0.2) is 35.7 Å². The zero-order valence-electron chi connectivity index (χ0n) is 12.4. The highest BCUT2D eigenvalue weighted by molar-refractivity contribution is 7.09. The molecule has 1 aromatic heterocycles. The molecular weight excluding hydrogens is 298 g/mol. The maximum absolute atomic E-state index is 12.8. The molecule has 0 aliphatic carbocycles. The van der Waals surface area contributed by atoms with E-state index in [2.05, 4.69) is 4.98 Å². The lowest BCUT2D eigenvalue weighted by Gasteiger charge is -2.38. The Labute approximate surface area is 133 Å². The number of ether oxygens (including phenoxy) is 1. The van der Waals surface area contributed by atoms with Crippen molar-refractivity contribution in [2.45, 2.75) is 25.6 Å². The Balaban J connectivity index is 1.88. The Bertz CT molecular complexity index is 644. The molecule has 2 atom stereocenters. The molecule has 0 unspecified atom stereocenters. The van der Waals surface area contributed by atoms with Crippen LogP contribution < -0.4 is 5.73 Å². The zero-order valence-corrected chi connectivity index (χ0v) is 13.3. The highest BCUT2D eigenvalue weighted by Gasteiger charge is 2.33. The molecule has 1 amide bonds. The number of thiazole rings is 1. The van der Waals surface area contributed by atoms with E-state index in [1.165, 1.54) is 11.3 Å². The molecule has 116 valence electrons. The molecule has 22 heavy (non-hydrogen) atoms. The minimum Gasteiger partial charge on any atom is -0.374 e. The van der Waals surface area contributed by atoms with Gasteiger partial charge in [0.2, 0.25) is 0 Å². The maximum Gasteiger partial charge on any atom is 0.274 e. The lowest BCUT2D eigenvalue weighted by molar-refractivity contribution is -0.0449. The highest BCUT2D eigenvalue weighted by Crippen LogP contribution is 2.28. The number of nitrogens with zero attached hydrogens (tertiary/aromatic N) is 2. The predicted octanol–water partition coefficient (Wildman–Crippen LogP) is 2.20. The van der Waals surface area contributed by atoms with Gasteiger partial charge >= 0.3 is 0 Å². The summed E-state index contributed by atoms with van der Waals surface area (Å²) in [6.07, 6.45) is 0.0246. The third-order valence-electron chi connectivity index (χ3n) is 3.76. The Kier molecular flexibility index (Phi) is 4.52. The normalized spacial score (nSPS) is 21.8. The van der Waals surface area contributed by atoms with E-state index < -0.39 is 0 Å². The summed E-state index contributed by atoms with van der Waals surface area (Å²) in [5.74, 6) is -0.0556. The molecule has 0 saturated carbocycles. The van der Waals surface area contributed by atoms with Crippen LogP contribution in [0, 0.1) is 0 Å². The van der Waals surface area contributed by atoms with Crippen LogP contribution in [0.25, 0.3) is 0 Å². The van der Waals surface area contributed by atoms with Crippen molar-refractivity contribution in [1.29, 1.82) is 0 Å². The first-order chi connectivity index (χ1) is 10.7. The van der Waals surface area contributed by atoms with Gasteiger partial charge in [0.1, 0.15) is 10.7 Å². The van der Waals surface area contributed by atoms with E-state index >= 15 is 0 Å². The summed E-state index contributed by atoms with van der Waals surface area (Å²) in [4.78, 5) is 19.0. The smallest absolute Gasteiger partial charge is 0.274 e. The van der Waals surface area contributed by atoms with Gasteiger partial charge in [-0.05, 0) is 12.5 Å². The fourth-order valence-electron chi connectivity index (χ4n) is 2.63. The van der Waals surface area contributed by atoms with Crippen molar-refractivity contribution in [2.24, 2.45) is 5.73 Å². The minimum atomic E-state index is -0.0760. The van der Waals surface area contributed by atoms with E-state index in [1.807, 2.05) is 42.2 Å². The number of rotatable bonds is 3. The molecule has 2 N–H and O–H groups in total. The molecule has 1 fully saturated rings. The molecule has 1 saturated heterocycles. The molecule has 1 aromatic carbocycles. The third-order valence-corrected chi connectivity index (χ3v) is 4.63. The maximum atomic E-state index is 12.8. The van der Waals surface area contributed by atoms with Crippen LogP contribution in [0.5, 0.6) is 0 Å². The SMILES string of the molecule is C[C@H]1CN(C(=O)c2csc(CN)n2)[C@H](c2ccccc2)CO1. The van der Waals surface area contributed by atoms with Crippen molar-refractivity contribution >= 4 is 17.2 Å². The third kappa shape index (κ3) is 3.04. The van der Waals surface area contributed by atoms with Gasteiger partial charge in [-0.2, -0.15) is 0 Å². The van der Waals surface area contributed by atoms with Gasteiger partial charge in [-0.1, -0.05) is 30.3 Å². The minimum absolute atomic E-state index is 0.0246. The largest absolute Gasteiger partial charge is 0.374 e. The molecule has 1 aliphatic rings. The van der Waals surface area contributed by atoms with E-state index in [0.717, 1.165) is 10.6 Å². The van der Waals surface area contributed by atoms with Crippen molar-refractivity contribution in [1.82, 2.24) is 9.88 Å². The summed E-state index contributed by atoms with van der Waals surface area (Å²) in [6, 6.07) is 9.90. The van der Waals surface area contributed by atoms with Gasteiger partial charge in [0.05, 0.1) is 18.8 Å². The molecule has 2 aromatic rings. The average molecular weight is 317 g/mol. The Morgan fingerprint density at radius 3 is 2.91 bits per heavy atom. The number of morpholine rings is 1. The van der Waals surface area contributed by atoms with E-state index in [9.17, 15) is 4.79 Å². The molecule has 6 heteroatoms. The van der Waals surface area contributed by atoms with Crippen molar-refractivity contribution in [3.8, 4) is 0 Å². The van der Waals surface area contributed by atoms with Gasteiger partial charge in [-0.3, -0.25) is 4.79 Å². The first-order valence-corrected chi connectivity index (χ1v) is 8.19. The van der Waals surface area contributed by atoms with Gasteiger partial charge < -0.3 is 15.4 Å². The number of carbonyl (C=O) groups is 1. The summed E-state index contributed by atoms with van der Waals surface area (Å²) in [7, 11) is 0. The van der Waals surface area contributed by atoms with E-state index in [1.54, 1.807) is 5.38 Å². The summed E-state index contributed by atoms with van der Waals surface area (Å²) < 4.78 is 5.76. The van der Waals surface area contributed by atoms with Gasteiger partial charge in [0.15, 0.2) is 0 Å². The fraction of sp³-hybridized carbons (Fsp3) is 0.375. The Morgan fingerprint density at radius 1 is 1.45 bits per heavy atom. The second-order valence-electron chi connectivity index (χ2n) is 5.36. The standard InChI is InChI=1S/C16H19N3O2S/c1-11-8-19(16(20)13-10-22-15(7-17)18-13)14(9-21-11)12-5-3-2-4-6-12/h2-6,10-11,14H,7-9,17H2,1H3/t11-,14-/m0/s1. The van der Waals surface area contributed by atoms with Crippen molar-refractivity contribution in [3.63, 3.8) is 0 Å². The first-order valence-electron chi connectivity index (χ1n) is 7.31. The lowest BCUT2D eigenvalue weighted by Crippen LogP contribution is -2.46. The summed E-state index contributed by atoms with van der Waals surface area (Å²) in [5.41, 5.74) is 7.14. The van der Waals surface area contributed by atoms with Crippen LogP contribution in [0.2, 0.25) is 0 Å². The molecule has 0 spiro atoms. The van der Waals surface area contributed by atoms with Gasteiger partial charge in [0.25, 0.3) is 5.91 Å². The second kappa shape index (κ2) is 6.56. The lowest BCUT2D eigenvalue weighted by atomic mass is 10.0. The van der Waals surface area contributed by atoms with Crippen molar-refractivity contribution in [2.75, 3.05) is 13.2 Å². The van der Waals surface area contributed by atoms with E-state index in [4.69, 9.17) is 10.5 Å². The van der Waals surface area contributed by atoms with Crippen LogP contribution in [0.1, 0.15) is 34.0 Å². The van der Waals surface area contributed by atoms with Crippen LogP contribution in [0.4, 0.5) is 0 Å². The summed E-state index contributed by atoms with van der Waals surface area (Å²) in [6.45, 7) is 3.41. The highest BCUT2D eigenvalue weighted by atomic mass is 32.1. The van der Waals surface area contributed by atoms with Gasteiger partial charge in [-0.25, -0.2) is 4.98 Å². The van der Waals surface area contributed by atoms with Crippen molar-refractivity contribution in [3.05, 3.63) is 52.0 Å². The zero-order chi connectivity index (χ0) is 15.5. The number of benzene rings is 1. The number of nitrogens with two attached hydrogens (primary N) is 1. The number of amides is 1. The Morgan fingerprint density at radius 2 is 2.23 bits per heavy atom. The van der Waals surface area contributed by atoms with Gasteiger partial charge in [-0.15, -0.1) is 11.3 Å². The second-order valence-corrected chi connectivity index (χ2v) is 6.30. The first kappa shape index (κ1) is 15.1. The van der Waals surface area contributed by atoms with Crippen molar-refractivity contribution < 1.29 is 9.53 Å². The molecule has 0 bridgehead atoms. The number of hydrogen-bond donors (Lipinski definition) is 1. The molecular formula is C16H19N3O2S. The van der Waals surface area contributed by atoms with E-state index in [0.29, 0.717) is 25.4 Å². The summed E-state index contributed by atoms with van der Waals surface area (Å²) in [5, 5.41) is 2.56. The van der Waals surface area contributed by atoms with Crippen LogP contribution >= 0.6 is 11.3 Å². The fourth-order valence-corrected chi connectivity index (χ4v) is 3.28. The topological polar surface area (TPSA) is 68.5 Å². The number of aromatic nitrogens is 1. The molecule has 2 heterocycles.